The van der Waals surface area contributed by atoms with Gasteiger partial charge in [0.15, 0.2) is 0 Å². The number of hydrogen-bond acceptors (Lipinski definition) is 5. The number of carbonyl (C=O) groups excluding carboxylic acids is 2. The standard InChI is InChI=1S/C28H23F6N3O5S/c29-27(30,31)22-10-8-20(9-11-22)24(38)36-37(15-18-6-12-23(13-7-18)42-28(32,33)34)26(41)35-14-21(25(39)40)17-43-16-19-4-2-1-3-5-19/h1-14,21H,15-17H2,(H,36,38)(H,39,40)/b35-14+. The summed E-state index contributed by atoms with van der Waals surface area (Å²) in [4.78, 5) is 41.1. The summed E-state index contributed by atoms with van der Waals surface area (Å²) in [5.41, 5.74) is 2.10. The van der Waals surface area contributed by atoms with Gasteiger partial charge in [-0.05, 0) is 47.5 Å². The van der Waals surface area contributed by atoms with Gasteiger partial charge in [-0.2, -0.15) is 24.9 Å². The van der Waals surface area contributed by atoms with Gasteiger partial charge in [0, 0.05) is 23.3 Å². The van der Waals surface area contributed by atoms with Crippen LogP contribution in [-0.2, 0) is 23.3 Å². The number of hydrogen-bond donors (Lipinski definition) is 2. The molecule has 43 heavy (non-hydrogen) atoms. The number of hydrazine groups is 1. The lowest BCUT2D eigenvalue weighted by molar-refractivity contribution is -0.274. The first-order valence-electron chi connectivity index (χ1n) is 12.2. The highest BCUT2D eigenvalue weighted by Gasteiger charge is 2.31. The van der Waals surface area contributed by atoms with Crippen molar-refractivity contribution in [1.82, 2.24) is 10.4 Å². The number of alkyl halides is 6. The predicted octanol–water partition coefficient (Wildman–Crippen LogP) is 6.58. The number of amides is 3. The Balaban J connectivity index is 1.76. The van der Waals surface area contributed by atoms with Gasteiger partial charge in [0.1, 0.15) is 11.7 Å². The van der Waals surface area contributed by atoms with Crippen molar-refractivity contribution in [3.63, 3.8) is 0 Å². The number of urea groups is 1. The molecule has 0 saturated heterocycles. The lowest BCUT2D eigenvalue weighted by atomic mass is 10.1. The Morgan fingerprint density at radius 1 is 0.907 bits per heavy atom. The number of aliphatic imine (C=N–C) groups is 1. The van der Waals surface area contributed by atoms with E-state index in [1.807, 2.05) is 30.3 Å². The fourth-order valence-electron chi connectivity index (χ4n) is 3.41. The molecular formula is C28H23F6N3O5S. The van der Waals surface area contributed by atoms with Crippen LogP contribution in [0.3, 0.4) is 0 Å². The maximum Gasteiger partial charge on any atom is 0.573 e. The molecule has 3 amide bonds. The van der Waals surface area contributed by atoms with E-state index < -0.39 is 54.2 Å². The molecule has 3 aromatic carbocycles. The number of nitrogens with zero attached hydrogens (tertiary/aromatic N) is 2. The normalized spacial score (nSPS) is 12.5. The summed E-state index contributed by atoms with van der Waals surface area (Å²) in [6.45, 7) is -0.449. The van der Waals surface area contributed by atoms with E-state index in [2.05, 4.69) is 15.2 Å². The van der Waals surface area contributed by atoms with Crippen molar-refractivity contribution in [2.24, 2.45) is 10.9 Å². The smallest absolute Gasteiger partial charge is 0.481 e. The molecule has 0 aliphatic heterocycles. The predicted molar refractivity (Wildman–Crippen MR) is 145 cm³/mol. The second-order valence-electron chi connectivity index (χ2n) is 8.80. The minimum absolute atomic E-state index is 0.0551. The maximum atomic E-state index is 13.0. The van der Waals surface area contributed by atoms with E-state index in [9.17, 15) is 45.8 Å². The highest BCUT2D eigenvalue weighted by molar-refractivity contribution is 7.98. The first kappa shape index (κ1) is 33.0. The molecule has 0 aliphatic carbocycles. The molecular weight excluding hydrogens is 604 g/mol. The van der Waals surface area contributed by atoms with Crippen LogP contribution in [0.5, 0.6) is 5.75 Å². The van der Waals surface area contributed by atoms with E-state index in [1.165, 1.54) is 23.9 Å². The van der Waals surface area contributed by atoms with Crippen LogP contribution in [0.15, 0.2) is 83.9 Å². The SMILES string of the molecule is O=C(NN(Cc1ccc(OC(F)(F)F)cc1)C(=O)/N=C/C(CSCc1ccccc1)C(=O)O)c1ccc(C(F)(F)F)cc1. The van der Waals surface area contributed by atoms with E-state index in [0.717, 1.165) is 36.0 Å². The average Bonchev–Trinajstić information content (AvgIpc) is 2.94. The molecule has 1 unspecified atom stereocenters. The van der Waals surface area contributed by atoms with E-state index in [1.54, 1.807) is 0 Å². The largest absolute Gasteiger partial charge is 0.573 e. The number of carboxylic acid groups (broad SMARTS) is 1. The third-order valence-electron chi connectivity index (χ3n) is 5.53. The number of rotatable bonds is 10. The molecule has 0 spiro atoms. The monoisotopic (exact) mass is 627 g/mol. The van der Waals surface area contributed by atoms with Crippen LogP contribution in [0.25, 0.3) is 0 Å². The molecule has 0 saturated carbocycles. The second-order valence-corrected chi connectivity index (χ2v) is 9.83. The van der Waals surface area contributed by atoms with Gasteiger partial charge in [-0.3, -0.25) is 15.0 Å². The molecule has 15 heteroatoms. The lowest BCUT2D eigenvalue weighted by Crippen LogP contribution is -2.44. The van der Waals surface area contributed by atoms with Crippen molar-refractivity contribution < 1.29 is 50.6 Å². The molecule has 0 fully saturated rings. The van der Waals surface area contributed by atoms with E-state index in [-0.39, 0.29) is 16.9 Å². The Morgan fingerprint density at radius 2 is 1.53 bits per heavy atom. The summed E-state index contributed by atoms with van der Waals surface area (Å²) >= 11 is 1.28. The number of halogens is 6. The summed E-state index contributed by atoms with van der Waals surface area (Å²) < 4.78 is 79.9. The van der Waals surface area contributed by atoms with Gasteiger partial charge in [0.2, 0.25) is 0 Å². The number of carbonyl (C=O) groups is 3. The van der Waals surface area contributed by atoms with Crippen LogP contribution < -0.4 is 10.2 Å². The van der Waals surface area contributed by atoms with Crippen LogP contribution in [0.1, 0.15) is 27.0 Å². The number of benzene rings is 3. The van der Waals surface area contributed by atoms with Gasteiger partial charge in [0.05, 0.1) is 12.1 Å². The Labute approximate surface area is 245 Å². The van der Waals surface area contributed by atoms with Gasteiger partial charge >= 0.3 is 24.5 Å². The van der Waals surface area contributed by atoms with Crippen molar-refractivity contribution in [3.05, 3.63) is 101 Å². The van der Waals surface area contributed by atoms with Crippen molar-refractivity contribution in [1.29, 1.82) is 0 Å². The molecule has 0 radical (unpaired) electrons. The second kappa shape index (κ2) is 14.6. The third kappa shape index (κ3) is 11.0. The minimum Gasteiger partial charge on any atom is -0.481 e. The number of aliphatic carboxylic acids is 1. The first-order valence-corrected chi connectivity index (χ1v) is 13.4. The van der Waals surface area contributed by atoms with Crippen LogP contribution in [0.4, 0.5) is 31.1 Å². The van der Waals surface area contributed by atoms with E-state index in [4.69, 9.17) is 0 Å². The van der Waals surface area contributed by atoms with Crippen molar-refractivity contribution in [2.75, 3.05) is 5.75 Å². The average molecular weight is 628 g/mol. The number of carboxylic acids is 1. The zero-order valence-corrected chi connectivity index (χ0v) is 22.7. The number of nitrogens with one attached hydrogen (secondary N) is 1. The third-order valence-corrected chi connectivity index (χ3v) is 6.66. The molecule has 1 atom stereocenters. The Morgan fingerprint density at radius 3 is 2.09 bits per heavy atom. The van der Waals surface area contributed by atoms with Crippen molar-refractivity contribution >= 4 is 35.9 Å². The first-order chi connectivity index (χ1) is 20.2. The van der Waals surface area contributed by atoms with E-state index >= 15 is 0 Å². The van der Waals surface area contributed by atoms with E-state index in [0.29, 0.717) is 22.9 Å². The van der Waals surface area contributed by atoms with Gasteiger partial charge in [-0.1, -0.05) is 42.5 Å². The van der Waals surface area contributed by atoms with Gasteiger partial charge in [0.25, 0.3) is 5.91 Å². The Hall–Kier alpha value is -4.53. The number of ether oxygens (including phenoxy) is 1. The summed E-state index contributed by atoms with van der Waals surface area (Å²) in [6.07, 6.45) is -8.69. The minimum atomic E-state index is -4.94. The molecule has 0 heterocycles. The zero-order valence-electron chi connectivity index (χ0n) is 21.9. The summed E-state index contributed by atoms with van der Waals surface area (Å²) in [7, 11) is 0. The molecule has 8 nitrogen and oxygen atoms in total. The Kier molecular flexibility index (Phi) is 11.2. The lowest BCUT2D eigenvalue weighted by Gasteiger charge is -2.22. The van der Waals surface area contributed by atoms with Gasteiger partial charge < -0.3 is 9.84 Å². The van der Waals surface area contributed by atoms with Crippen LogP contribution in [0, 0.1) is 5.92 Å². The Bertz CT molecular complexity index is 1420. The van der Waals surface area contributed by atoms with Crippen LogP contribution in [0.2, 0.25) is 0 Å². The zero-order chi connectivity index (χ0) is 31.6. The molecule has 0 aliphatic rings. The summed E-state index contributed by atoms with van der Waals surface area (Å²) in [6, 6.07) is 15.5. The van der Waals surface area contributed by atoms with Crippen molar-refractivity contribution in [3.8, 4) is 5.75 Å². The molecule has 0 bridgehead atoms. The van der Waals surface area contributed by atoms with Crippen molar-refractivity contribution in [2.45, 2.75) is 24.8 Å². The molecule has 0 aromatic heterocycles. The van der Waals surface area contributed by atoms with Crippen LogP contribution in [-0.4, -0.2) is 46.4 Å². The quantitative estimate of drug-likeness (QED) is 0.150. The van der Waals surface area contributed by atoms with Gasteiger partial charge in [-0.15, -0.1) is 13.2 Å². The molecule has 3 rings (SSSR count). The fourth-order valence-corrected chi connectivity index (χ4v) is 4.44. The molecule has 3 aromatic rings. The highest BCUT2D eigenvalue weighted by atomic mass is 32.2. The summed E-state index contributed by atoms with van der Waals surface area (Å²) in [5, 5.41) is 10.2. The fraction of sp³-hybridized carbons (Fsp3) is 0.214. The number of thioether (sulfide) groups is 1. The van der Waals surface area contributed by atoms with Crippen LogP contribution >= 0.6 is 11.8 Å². The van der Waals surface area contributed by atoms with Gasteiger partial charge in [-0.25, -0.2) is 14.8 Å². The molecule has 2 N–H and O–H groups in total. The highest BCUT2D eigenvalue weighted by Crippen LogP contribution is 2.29. The topological polar surface area (TPSA) is 108 Å². The summed E-state index contributed by atoms with van der Waals surface area (Å²) in [5.74, 6) is -3.45. The maximum absolute atomic E-state index is 13.0. The molecule has 228 valence electrons.